The molecule has 30 heavy (non-hydrogen) atoms. The Kier molecular flexibility index (Phi) is 6.22. The van der Waals surface area contributed by atoms with Gasteiger partial charge in [-0.1, -0.05) is 23.7 Å². The maximum atomic E-state index is 14.1. The molecule has 1 aliphatic heterocycles. The summed E-state index contributed by atoms with van der Waals surface area (Å²) >= 11 is 6.13. The molecule has 1 heterocycles. The van der Waals surface area contributed by atoms with E-state index in [0.717, 1.165) is 6.07 Å². The zero-order chi connectivity index (χ0) is 22.1. The molecule has 4 nitrogen and oxygen atoms in total. The molecule has 0 aliphatic carbocycles. The number of rotatable bonds is 5. The number of hydrogen-bond acceptors (Lipinski definition) is 3. The summed E-state index contributed by atoms with van der Waals surface area (Å²) in [6.45, 7) is 2.34. The minimum atomic E-state index is -4.87. The molecule has 0 radical (unpaired) electrons. The Morgan fingerprint density at radius 2 is 2.03 bits per heavy atom. The molecule has 0 bridgehead atoms. The first kappa shape index (κ1) is 21.9. The van der Waals surface area contributed by atoms with E-state index in [-0.39, 0.29) is 35.0 Å². The Morgan fingerprint density at radius 1 is 1.30 bits per heavy atom. The summed E-state index contributed by atoms with van der Waals surface area (Å²) in [4.78, 5) is 15.5. The molecule has 1 aliphatic rings. The molecular weight excluding hydrogens is 422 g/mol. The number of benzene rings is 2. The van der Waals surface area contributed by atoms with Gasteiger partial charge in [-0.15, -0.1) is 0 Å². The number of likely N-dealkylation sites (N-methyl/N-ethyl adjacent to an activating group) is 1. The third kappa shape index (κ3) is 4.36. The van der Waals surface area contributed by atoms with Gasteiger partial charge in [-0.3, -0.25) is 4.79 Å². The number of likely N-dealkylation sites (tertiary alicyclic amines) is 1. The van der Waals surface area contributed by atoms with Gasteiger partial charge in [0, 0.05) is 31.7 Å². The smallest absolute Gasteiger partial charge is 0.362 e. The minimum Gasteiger partial charge on any atom is -0.362 e. The van der Waals surface area contributed by atoms with Gasteiger partial charge in [0.2, 0.25) is 5.91 Å². The Bertz CT molecular complexity index is 1000. The molecule has 1 saturated heterocycles. The number of nitriles is 1. The van der Waals surface area contributed by atoms with E-state index in [0.29, 0.717) is 18.8 Å². The molecule has 0 spiro atoms. The molecular formula is C21H18ClF4N3O. The van der Waals surface area contributed by atoms with E-state index in [1.165, 1.54) is 24.3 Å². The molecule has 158 valence electrons. The highest BCUT2D eigenvalue weighted by atomic mass is 35.5. The van der Waals surface area contributed by atoms with Crippen molar-refractivity contribution in [2.24, 2.45) is 0 Å². The number of carbonyl (C=O) groups is 1. The van der Waals surface area contributed by atoms with E-state index in [9.17, 15) is 22.4 Å². The van der Waals surface area contributed by atoms with Crippen molar-refractivity contribution in [2.45, 2.75) is 32.1 Å². The highest BCUT2D eigenvalue weighted by molar-refractivity contribution is 6.32. The van der Waals surface area contributed by atoms with E-state index in [1.54, 1.807) is 15.9 Å². The van der Waals surface area contributed by atoms with E-state index in [1.807, 2.05) is 13.0 Å². The minimum absolute atomic E-state index is 0.109. The van der Waals surface area contributed by atoms with Crippen LogP contribution in [0.2, 0.25) is 5.02 Å². The quantitative estimate of drug-likeness (QED) is 0.616. The molecule has 0 saturated carbocycles. The van der Waals surface area contributed by atoms with Crippen LogP contribution in [0.5, 0.6) is 0 Å². The molecule has 0 aromatic heterocycles. The Labute approximate surface area is 176 Å². The van der Waals surface area contributed by atoms with Crippen LogP contribution in [-0.4, -0.2) is 29.9 Å². The number of amides is 1. The Morgan fingerprint density at radius 3 is 2.60 bits per heavy atom. The van der Waals surface area contributed by atoms with E-state index < -0.39 is 23.6 Å². The summed E-state index contributed by atoms with van der Waals surface area (Å²) in [5.74, 6) is -1.46. The third-order valence-electron chi connectivity index (χ3n) is 5.15. The number of halogens is 5. The molecule has 0 unspecified atom stereocenters. The normalized spacial score (nSPS) is 16.6. The number of nitrogens with zero attached hydrogens (tertiary/aromatic N) is 3. The maximum absolute atomic E-state index is 14.1. The summed E-state index contributed by atoms with van der Waals surface area (Å²) in [5.41, 5.74) is -0.899. The van der Waals surface area contributed by atoms with Gasteiger partial charge in [0.25, 0.3) is 0 Å². The van der Waals surface area contributed by atoms with Crippen molar-refractivity contribution in [1.29, 1.82) is 5.26 Å². The second kappa shape index (κ2) is 8.52. The van der Waals surface area contributed by atoms with Crippen LogP contribution in [0.25, 0.3) is 0 Å². The van der Waals surface area contributed by atoms with E-state index in [4.69, 9.17) is 16.9 Å². The van der Waals surface area contributed by atoms with Gasteiger partial charge >= 0.3 is 6.18 Å². The molecule has 1 atom stereocenters. The van der Waals surface area contributed by atoms with Gasteiger partial charge in [0.05, 0.1) is 22.2 Å². The lowest BCUT2D eigenvalue weighted by molar-refractivity contribution is -0.140. The highest BCUT2D eigenvalue weighted by Crippen LogP contribution is 2.36. The van der Waals surface area contributed by atoms with Crippen LogP contribution in [0.3, 0.4) is 0 Å². The zero-order valence-corrected chi connectivity index (χ0v) is 16.8. The predicted molar refractivity (Wildman–Crippen MR) is 104 cm³/mol. The number of anilines is 1. The largest absolute Gasteiger partial charge is 0.419 e. The average molecular weight is 440 g/mol. The van der Waals surface area contributed by atoms with Crippen molar-refractivity contribution in [3.05, 3.63) is 63.9 Å². The SMILES string of the molecule is CCN1C[C@@H](N(Cc2cccc(F)c2C(F)(F)F)c2ccc(C#N)c(Cl)c2)CC1=O. The fourth-order valence-corrected chi connectivity index (χ4v) is 3.89. The predicted octanol–water partition coefficient (Wildman–Crippen LogP) is 5.00. The molecule has 2 aromatic carbocycles. The van der Waals surface area contributed by atoms with Gasteiger partial charge in [-0.05, 0) is 36.8 Å². The first-order chi connectivity index (χ1) is 14.2. The fraction of sp³-hybridized carbons (Fsp3) is 0.333. The Balaban J connectivity index is 2.06. The van der Waals surface area contributed by atoms with Crippen molar-refractivity contribution >= 4 is 23.2 Å². The summed E-state index contributed by atoms with van der Waals surface area (Å²) in [6.07, 6.45) is -4.75. The Hall–Kier alpha value is -2.79. The first-order valence-electron chi connectivity index (χ1n) is 9.24. The monoisotopic (exact) mass is 439 g/mol. The van der Waals surface area contributed by atoms with Crippen molar-refractivity contribution in [1.82, 2.24) is 4.90 Å². The second-order valence-corrected chi connectivity index (χ2v) is 7.37. The van der Waals surface area contributed by atoms with Gasteiger partial charge in [-0.25, -0.2) is 4.39 Å². The van der Waals surface area contributed by atoms with E-state index >= 15 is 0 Å². The van der Waals surface area contributed by atoms with Gasteiger partial charge in [0.1, 0.15) is 11.9 Å². The summed E-state index contributed by atoms with van der Waals surface area (Å²) in [5, 5.41) is 9.23. The first-order valence-corrected chi connectivity index (χ1v) is 9.62. The maximum Gasteiger partial charge on any atom is 0.419 e. The highest BCUT2D eigenvalue weighted by Gasteiger charge is 2.39. The van der Waals surface area contributed by atoms with Crippen molar-refractivity contribution < 1.29 is 22.4 Å². The third-order valence-corrected chi connectivity index (χ3v) is 5.46. The van der Waals surface area contributed by atoms with Crippen LogP contribution in [0.1, 0.15) is 30.0 Å². The number of alkyl halides is 3. The lowest BCUT2D eigenvalue weighted by atomic mass is 10.0. The summed E-state index contributed by atoms with van der Waals surface area (Å²) in [6, 6.07) is 9.23. The van der Waals surface area contributed by atoms with Gasteiger partial charge in [-0.2, -0.15) is 18.4 Å². The lowest BCUT2D eigenvalue weighted by Gasteiger charge is -2.32. The van der Waals surface area contributed by atoms with Gasteiger partial charge < -0.3 is 9.80 Å². The standard InChI is InChI=1S/C21H18ClF4N3O/c1-2-28-12-16(9-19(28)30)29(15-7-6-13(10-27)17(22)8-15)11-14-4-3-5-18(23)20(14)21(24,25)26/h3-8,16H,2,9,11-12H2,1H3/t16-/m0/s1. The number of carbonyl (C=O) groups excluding carboxylic acids is 1. The second-order valence-electron chi connectivity index (χ2n) is 6.97. The number of hydrogen-bond donors (Lipinski definition) is 0. The lowest BCUT2D eigenvalue weighted by Crippen LogP contribution is -2.38. The molecule has 2 aromatic rings. The molecule has 9 heteroatoms. The van der Waals surface area contributed by atoms with Crippen LogP contribution in [0.15, 0.2) is 36.4 Å². The van der Waals surface area contributed by atoms with Crippen LogP contribution in [-0.2, 0) is 17.5 Å². The van der Waals surface area contributed by atoms with Crippen LogP contribution in [0, 0.1) is 17.1 Å². The fourth-order valence-electron chi connectivity index (χ4n) is 3.67. The van der Waals surface area contributed by atoms with Crippen LogP contribution < -0.4 is 4.90 Å². The van der Waals surface area contributed by atoms with Crippen LogP contribution in [0.4, 0.5) is 23.2 Å². The summed E-state index contributed by atoms with van der Waals surface area (Å²) in [7, 11) is 0. The average Bonchev–Trinajstić information content (AvgIpc) is 3.05. The van der Waals surface area contributed by atoms with Crippen LogP contribution >= 0.6 is 11.6 Å². The topological polar surface area (TPSA) is 47.3 Å². The zero-order valence-electron chi connectivity index (χ0n) is 16.0. The molecule has 0 N–H and O–H groups in total. The molecule has 1 amide bonds. The van der Waals surface area contributed by atoms with E-state index in [2.05, 4.69) is 0 Å². The molecule has 3 rings (SSSR count). The van der Waals surface area contributed by atoms with Crippen molar-refractivity contribution in [2.75, 3.05) is 18.0 Å². The molecule has 1 fully saturated rings. The van der Waals surface area contributed by atoms with Gasteiger partial charge in [0.15, 0.2) is 0 Å². The summed E-state index contributed by atoms with van der Waals surface area (Å²) < 4.78 is 54.6. The van der Waals surface area contributed by atoms with Crippen molar-refractivity contribution in [3.8, 4) is 6.07 Å². The van der Waals surface area contributed by atoms with Crippen molar-refractivity contribution in [3.63, 3.8) is 0 Å².